The summed E-state index contributed by atoms with van der Waals surface area (Å²) in [4.78, 5) is 0. The summed E-state index contributed by atoms with van der Waals surface area (Å²) < 4.78 is 0. The Morgan fingerprint density at radius 2 is 1.56 bits per heavy atom. The molecule has 0 heterocycles. The Bertz CT molecular complexity index is 202. The van der Waals surface area contributed by atoms with E-state index in [1.807, 2.05) is 0 Å². The van der Waals surface area contributed by atoms with Crippen molar-refractivity contribution in [2.45, 2.75) is 0 Å². The summed E-state index contributed by atoms with van der Waals surface area (Å²) in [7, 11) is 2.24. The van der Waals surface area contributed by atoms with Gasteiger partial charge in [-0.3, -0.25) is 0 Å². The second kappa shape index (κ2) is 2.24. The Kier molecular flexibility index (Phi) is 1.58. The lowest BCUT2D eigenvalue weighted by atomic mass is 10.3. The minimum Gasteiger partial charge on any atom is -0.507 e. The van der Waals surface area contributed by atoms with E-state index in [2.05, 4.69) is 9.24 Å². The first-order valence-corrected chi connectivity index (χ1v) is 3.06. The highest BCUT2D eigenvalue weighted by molar-refractivity contribution is 7.28. The van der Waals surface area contributed by atoms with Crippen LogP contribution in [0, 0.1) is 0 Å². The summed E-state index contributed by atoms with van der Waals surface area (Å²) in [5.74, 6) is 0.194. The van der Waals surface area contributed by atoms with E-state index in [4.69, 9.17) is 10.2 Å². The van der Waals surface area contributed by atoms with Gasteiger partial charge in [-0.2, -0.15) is 0 Å². The van der Waals surface area contributed by atoms with Crippen LogP contribution in [0.3, 0.4) is 0 Å². The zero-order valence-electron chi connectivity index (χ0n) is 4.70. The molecule has 0 fully saturated rings. The first-order chi connectivity index (χ1) is 4.22. The van der Waals surface area contributed by atoms with Gasteiger partial charge in [0.25, 0.3) is 0 Å². The molecule has 1 aromatic carbocycles. The molecule has 0 spiro atoms. The predicted octanol–water partition coefficient (Wildman–Crippen LogP) is 0.598. The van der Waals surface area contributed by atoms with Gasteiger partial charge in [0.05, 0.1) is 5.30 Å². The molecule has 0 radical (unpaired) electrons. The van der Waals surface area contributed by atoms with Crippen LogP contribution in [0.15, 0.2) is 18.2 Å². The lowest BCUT2D eigenvalue weighted by Crippen LogP contribution is -1.90. The van der Waals surface area contributed by atoms with Gasteiger partial charge in [0.2, 0.25) is 0 Å². The minimum atomic E-state index is 0.0972. The normalized spacial score (nSPS) is 9.44. The molecule has 2 N–H and O–H groups in total. The maximum atomic E-state index is 8.92. The lowest BCUT2D eigenvalue weighted by Gasteiger charge is -1.97. The average Bonchev–Trinajstić information content (AvgIpc) is 1.83. The first-order valence-electron chi connectivity index (χ1n) is 2.48. The molecule has 9 heavy (non-hydrogen) atoms. The van der Waals surface area contributed by atoms with E-state index in [-0.39, 0.29) is 11.5 Å². The van der Waals surface area contributed by atoms with E-state index >= 15 is 0 Å². The Morgan fingerprint density at radius 3 is 1.89 bits per heavy atom. The van der Waals surface area contributed by atoms with Gasteiger partial charge in [0, 0.05) is 0 Å². The Balaban J connectivity index is 3.25. The van der Waals surface area contributed by atoms with Crippen LogP contribution in [0.1, 0.15) is 0 Å². The Hall–Kier alpha value is -0.750. The largest absolute Gasteiger partial charge is 0.507 e. The molecular formula is C6H7O2P. The fourth-order valence-electron chi connectivity index (χ4n) is 0.541. The molecular weight excluding hydrogens is 135 g/mol. The lowest BCUT2D eigenvalue weighted by molar-refractivity contribution is 0.459. The number of hydrogen-bond donors (Lipinski definition) is 2. The quantitative estimate of drug-likeness (QED) is 0.520. The molecule has 0 saturated heterocycles. The number of hydrogen-bond acceptors (Lipinski definition) is 2. The highest BCUT2D eigenvalue weighted by atomic mass is 31.0. The summed E-state index contributed by atoms with van der Waals surface area (Å²) in [5, 5.41) is 18.3. The zero-order chi connectivity index (χ0) is 6.85. The minimum absolute atomic E-state index is 0.0972. The van der Waals surface area contributed by atoms with Crippen molar-refractivity contribution in [2.75, 3.05) is 0 Å². The fraction of sp³-hybridized carbons (Fsp3) is 0. The van der Waals surface area contributed by atoms with Crippen molar-refractivity contribution in [2.24, 2.45) is 0 Å². The summed E-state index contributed by atoms with van der Waals surface area (Å²) in [5.41, 5.74) is 0. The van der Waals surface area contributed by atoms with Crippen molar-refractivity contribution in [3.8, 4) is 11.5 Å². The number of rotatable bonds is 0. The molecule has 2 nitrogen and oxygen atoms in total. The highest BCUT2D eigenvalue weighted by Gasteiger charge is 1.97. The van der Waals surface area contributed by atoms with Crippen LogP contribution in [0.25, 0.3) is 0 Å². The molecule has 0 aliphatic rings. The Morgan fingerprint density at radius 1 is 1.11 bits per heavy atom. The fourth-order valence-corrected chi connectivity index (χ4v) is 0.734. The second-order valence-corrected chi connectivity index (χ2v) is 2.29. The van der Waals surface area contributed by atoms with E-state index < -0.39 is 0 Å². The second-order valence-electron chi connectivity index (χ2n) is 1.71. The first kappa shape index (κ1) is 6.37. The number of benzene rings is 1. The molecule has 1 aromatic rings. The molecule has 3 heteroatoms. The summed E-state index contributed by atoms with van der Waals surface area (Å²) in [6.45, 7) is 0. The maximum absolute atomic E-state index is 8.92. The van der Waals surface area contributed by atoms with Crippen molar-refractivity contribution in [1.82, 2.24) is 0 Å². The monoisotopic (exact) mass is 142 g/mol. The number of aromatic hydroxyl groups is 2. The SMILES string of the molecule is Oc1cccc(O)c1P. The standard InChI is InChI=1S/C6H7O2P/c7-4-2-1-3-5(8)6(4)9/h1-3,7-8H,9H2. The van der Waals surface area contributed by atoms with Gasteiger partial charge < -0.3 is 10.2 Å². The molecule has 1 unspecified atom stereocenters. The molecule has 1 atom stereocenters. The predicted molar refractivity (Wildman–Crippen MR) is 39.1 cm³/mol. The van der Waals surface area contributed by atoms with Crippen molar-refractivity contribution in [1.29, 1.82) is 0 Å². The van der Waals surface area contributed by atoms with Crippen molar-refractivity contribution >= 4 is 14.5 Å². The van der Waals surface area contributed by atoms with Gasteiger partial charge in [0.15, 0.2) is 0 Å². The van der Waals surface area contributed by atoms with Crippen LogP contribution in [0.5, 0.6) is 11.5 Å². The number of phenolic OH excluding ortho intramolecular Hbond substituents is 2. The van der Waals surface area contributed by atoms with E-state index in [1.54, 1.807) is 6.07 Å². The third kappa shape index (κ3) is 1.14. The van der Waals surface area contributed by atoms with Gasteiger partial charge in [-0.25, -0.2) is 0 Å². The molecule has 0 aliphatic heterocycles. The van der Waals surface area contributed by atoms with Crippen LogP contribution in [-0.2, 0) is 0 Å². The molecule has 0 amide bonds. The molecule has 1 rings (SSSR count). The van der Waals surface area contributed by atoms with E-state index in [1.165, 1.54) is 12.1 Å². The average molecular weight is 142 g/mol. The summed E-state index contributed by atoms with van der Waals surface area (Å²) in [6.07, 6.45) is 0. The topological polar surface area (TPSA) is 40.5 Å². The van der Waals surface area contributed by atoms with E-state index in [0.717, 1.165) is 0 Å². The van der Waals surface area contributed by atoms with Gasteiger partial charge in [-0.1, -0.05) is 15.3 Å². The molecule has 0 saturated carbocycles. The third-order valence-electron chi connectivity index (χ3n) is 1.06. The molecule has 48 valence electrons. The molecule has 0 aliphatic carbocycles. The van der Waals surface area contributed by atoms with Crippen molar-refractivity contribution in [3.05, 3.63) is 18.2 Å². The van der Waals surface area contributed by atoms with Gasteiger partial charge in [-0.15, -0.1) is 0 Å². The molecule has 0 bridgehead atoms. The summed E-state index contributed by atoms with van der Waals surface area (Å²) >= 11 is 0. The zero-order valence-corrected chi connectivity index (χ0v) is 5.86. The van der Waals surface area contributed by atoms with Gasteiger partial charge in [0.1, 0.15) is 11.5 Å². The highest BCUT2D eigenvalue weighted by Crippen LogP contribution is 2.16. The Labute approximate surface area is 55.3 Å². The van der Waals surface area contributed by atoms with Gasteiger partial charge >= 0.3 is 0 Å². The van der Waals surface area contributed by atoms with E-state index in [0.29, 0.717) is 5.30 Å². The summed E-state index contributed by atoms with van der Waals surface area (Å²) in [6, 6.07) is 4.61. The number of phenols is 2. The van der Waals surface area contributed by atoms with Crippen LogP contribution < -0.4 is 5.30 Å². The molecule has 0 aromatic heterocycles. The van der Waals surface area contributed by atoms with Gasteiger partial charge in [-0.05, 0) is 12.1 Å². The van der Waals surface area contributed by atoms with Crippen LogP contribution >= 0.6 is 9.24 Å². The maximum Gasteiger partial charge on any atom is 0.126 e. The van der Waals surface area contributed by atoms with Crippen LogP contribution in [0.4, 0.5) is 0 Å². The third-order valence-corrected chi connectivity index (χ3v) is 1.65. The van der Waals surface area contributed by atoms with Crippen LogP contribution in [0.2, 0.25) is 0 Å². The van der Waals surface area contributed by atoms with Crippen LogP contribution in [-0.4, -0.2) is 10.2 Å². The van der Waals surface area contributed by atoms with E-state index in [9.17, 15) is 0 Å². The van der Waals surface area contributed by atoms with Crippen molar-refractivity contribution in [3.63, 3.8) is 0 Å². The smallest absolute Gasteiger partial charge is 0.126 e. The van der Waals surface area contributed by atoms with Crippen molar-refractivity contribution < 1.29 is 10.2 Å².